The van der Waals surface area contributed by atoms with Crippen LogP contribution < -0.4 is 4.74 Å². The maximum absolute atomic E-state index is 5.83. The lowest BCUT2D eigenvalue weighted by Gasteiger charge is -2.37. The number of piperidine rings is 1. The lowest BCUT2D eigenvalue weighted by molar-refractivity contribution is 0.235. The first-order chi connectivity index (χ1) is 9.27. The van der Waals surface area contributed by atoms with Crippen LogP contribution in [0.4, 0.5) is 0 Å². The van der Waals surface area contributed by atoms with Crippen molar-refractivity contribution in [3.05, 3.63) is 35.4 Å². The van der Waals surface area contributed by atoms with Crippen molar-refractivity contribution in [1.29, 1.82) is 0 Å². The van der Waals surface area contributed by atoms with Gasteiger partial charge in [0.05, 0.1) is 0 Å². The second-order valence-electron chi connectivity index (χ2n) is 6.34. The third kappa shape index (κ3) is 1.85. The summed E-state index contributed by atoms with van der Waals surface area (Å²) in [7, 11) is 0. The molecule has 2 nitrogen and oxygen atoms in total. The Morgan fingerprint density at radius 3 is 2.63 bits per heavy atom. The Labute approximate surface area is 115 Å². The van der Waals surface area contributed by atoms with Gasteiger partial charge in [0.2, 0.25) is 0 Å². The molecule has 1 aliphatic carbocycles. The minimum Gasteiger partial charge on any atom is -0.488 e. The van der Waals surface area contributed by atoms with E-state index in [1.165, 1.54) is 55.6 Å². The predicted octanol–water partition coefficient (Wildman–Crippen LogP) is 3.60. The van der Waals surface area contributed by atoms with Gasteiger partial charge in [-0.05, 0) is 55.7 Å². The van der Waals surface area contributed by atoms with Gasteiger partial charge in [-0.15, -0.1) is 0 Å². The molecule has 2 heteroatoms. The molecule has 0 bridgehead atoms. The van der Waals surface area contributed by atoms with Gasteiger partial charge in [-0.3, -0.25) is 0 Å². The van der Waals surface area contributed by atoms with Crippen molar-refractivity contribution in [2.45, 2.75) is 32.6 Å². The maximum Gasteiger partial charge on any atom is 0.131 e. The van der Waals surface area contributed by atoms with Crippen LogP contribution in [0.2, 0.25) is 0 Å². The highest BCUT2D eigenvalue weighted by molar-refractivity contribution is 5.72. The van der Waals surface area contributed by atoms with Gasteiger partial charge in [-0.25, -0.2) is 0 Å². The largest absolute Gasteiger partial charge is 0.488 e. The molecule has 1 spiro atoms. The van der Waals surface area contributed by atoms with Crippen LogP contribution in [-0.4, -0.2) is 24.6 Å². The second kappa shape index (κ2) is 4.03. The molecule has 2 aliphatic heterocycles. The van der Waals surface area contributed by atoms with Crippen LogP contribution in [0.1, 0.15) is 36.8 Å². The van der Waals surface area contributed by atoms with E-state index in [-0.39, 0.29) is 0 Å². The SMILES string of the molecule is Cc1cccc2c1OCC=C2N1CCC2(CC1)CC2. The number of hydrogen-bond donors (Lipinski definition) is 0. The number of likely N-dealkylation sites (tertiary alicyclic amines) is 1. The summed E-state index contributed by atoms with van der Waals surface area (Å²) in [5.74, 6) is 1.09. The topological polar surface area (TPSA) is 12.5 Å². The van der Waals surface area contributed by atoms with Crippen LogP contribution in [0.5, 0.6) is 5.75 Å². The van der Waals surface area contributed by atoms with Gasteiger partial charge in [-0.2, -0.15) is 0 Å². The zero-order valence-corrected chi connectivity index (χ0v) is 11.6. The number of aryl methyl sites for hydroxylation is 1. The van der Waals surface area contributed by atoms with Gasteiger partial charge in [0.1, 0.15) is 12.4 Å². The predicted molar refractivity (Wildman–Crippen MR) is 77.1 cm³/mol. The molecule has 1 aromatic carbocycles. The molecule has 100 valence electrons. The second-order valence-corrected chi connectivity index (χ2v) is 6.34. The molecule has 0 unspecified atom stereocenters. The van der Waals surface area contributed by atoms with E-state index in [0.29, 0.717) is 0 Å². The van der Waals surface area contributed by atoms with Crippen molar-refractivity contribution in [2.24, 2.45) is 5.41 Å². The van der Waals surface area contributed by atoms with Crippen molar-refractivity contribution >= 4 is 5.70 Å². The Bertz CT molecular complexity index is 532. The zero-order chi connectivity index (χ0) is 12.9. The van der Waals surface area contributed by atoms with Crippen molar-refractivity contribution in [2.75, 3.05) is 19.7 Å². The van der Waals surface area contributed by atoms with E-state index in [1.807, 2.05) is 0 Å². The molecule has 1 saturated heterocycles. The molecule has 2 heterocycles. The third-order valence-corrected chi connectivity index (χ3v) is 5.11. The van der Waals surface area contributed by atoms with Crippen LogP contribution in [0.3, 0.4) is 0 Å². The summed E-state index contributed by atoms with van der Waals surface area (Å²) in [4.78, 5) is 2.57. The molecule has 0 radical (unpaired) electrons. The first-order valence-corrected chi connectivity index (χ1v) is 7.45. The van der Waals surface area contributed by atoms with Crippen LogP contribution in [0.25, 0.3) is 5.70 Å². The average Bonchev–Trinajstić information content (AvgIpc) is 3.19. The Hall–Kier alpha value is -1.44. The third-order valence-electron chi connectivity index (χ3n) is 5.11. The summed E-state index contributed by atoms with van der Waals surface area (Å²) in [5.41, 5.74) is 4.69. The fourth-order valence-corrected chi connectivity index (χ4v) is 3.56. The molecule has 4 rings (SSSR count). The molecule has 3 aliphatic rings. The molecular weight excluding hydrogens is 234 g/mol. The summed E-state index contributed by atoms with van der Waals surface area (Å²) >= 11 is 0. The standard InChI is InChI=1S/C17H21NO/c1-13-3-2-4-14-15(5-12-19-16(13)14)18-10-8-17(6-7-17)9-11-18/h2-5H,6-12H2,1H3. The van der Waals surface area contributed by atoms with Crippen LogP contribution >= 0.6 is 0 Å². The molecule has 0 amide bonds. The quantitative estimate of drug-likeness (QED) is 0.760. The van der Waals surface area contributed by atoms with Crippen molar-refractivity contribution < 1.29 is 4.74 Å². The monoisotopic (exact) mass is 255 g/mol. The van der Waals surface area contributed by atoms with Gasteiger partial charge in [-0.1, -0.05) is 12.1 Å². The zero-order valence-electron chi connectivity index (χ0n) is 11.6. The van der Waals surface area contributed by atoms with Gasteiger partial charge in [0.15, 0.2) is 0 Å². The summed E-state index contributed by atoms with van der Waals surface area (Å²) < 4.78 is 5.83. The fourth-order valence-electron chi connectivity index (χ4n) is 3.56. The van der Waals surface area contributed by atoms with Gasteiger partial charge in [0.25, 0.3) is 0 Å². The summed E-state index contributed by atoms with van der Waals surface area (Å²) in [5, 5.41) is 0. The van der Waals surface area contributed by atoms with Crippen molar-refractivity contribution in [3.63, 3.8) is 0 Å². The number of para-hydroxylation sites is 1. The van der Waals surface area contributed by atoms with Crippen LogP contribution in [0, 0.1) is 12.3 Å². The first kappa shape index (κ1) is 11.4. The van der Waals surface area contributed by atoms with E-state index in [2.05, 4.69) is 36.1 Å². The average molecular weight is 255 g/mol. The molecular formula is C17H21NO. The first-order valence-electron chi connectivity index (χ1n) is 7.45. The number of fused-ring (bicyclic) bond motifs is 1. The molecule has 19 heavy (non-hydrogen) atoms. The fraction of sp³-hybridized carbons (Fsp3) is 0.529. The van der Waals surface area contributed by atoms with Crippen LogP contribution in [0.15, 0.2) is 24.3 Å². The van der Waals surface area contributed by atoms with Crippen molar-refractivity contribution in [1.82, 2.24) is 4.90 Å². The Morgan fingerprint density at radius 1 is 1.11 bits per heavy atom. The van der Waals surface area contributed by atoms with Gasteiger partial charge in [0, 0.05) is 24.4 Å². The number of benzene rings is 1. The smallest absolute Gasteiger partial charge is 0.131 e. The highest BCUT2D eigenvalue weighted by Crippen LogP contribution is 2.54. The van der Waals surface area contributed by atoms with E-state index in [1.54, 1.807) is 0 Å². The molecule has 1 saturated carbocycles. The minimum absolute atomic E-state index is 0.717. The molecule has 0 N–H and O–H groups in total. The summed E-state index contributed by atoms with van der Waals surface area (Å²) in [6.45, 7) is 5.30. The van der Waals surface area contributed by atoms with E-state index < -0.39 is 0 Å². The molecule has 0 atom stereocenters. The van der Waals surface area contributed by atoms with E-state index in [4.69, 9.17) is 4.74 Å². The summed E-state index contributed by atoms with van der Waals surface area (Å²) in [6.07, 6.45) is 7.96. The highest BCUT2D eigenvalue weighted by atomic mass is 16.5. The van der Waals surface area contributed by atoms with E-state index in [0.717, 1.165) is 17.8 Å². The van der Waals surface area contributed by atoms with Crippen LogP contribution in [-0.2, 0) is 0 Å². The molecule has 0 aromatic heterocycles. The lowest BCUT2D eigenvalue weighted by Crippen LogP contribution is -2.34. The lowest BCUT2D eigenvalue weighted by atomic mass is 9.92. The maximum atomic E-state index is 5.83. The van der Waals surface area contributed by atoms with E-state index >= 15 is 0 Å². The normalized spacial score (nSPS) is 23.6. The van der Waals surface area contributed by atoms with E-state index in [9.17, 15) is 0 Å². The highest BCUT2D eigenvalue weighted by Gasteiger charge is 2.44. The number of nitrogens with zero attached hydrogens (tertiary/aromatic N) is 1. The Morgan fingerprint density at radius 2 is 1.89 bits per heavy atom. The van der Waals surface area contributed by atoms with Gasteiger partial charge >= 0.3 is 0 Å². The Kier molecular flexibility index (Phi) is 2.41. The minimum atomic E-state index is 0.717. The molecule has 1 aromatic rings. The Balaban J connectivity index is 1.62. The van der Waals surface area contributed by atoms with Gasteiger partial charge < -0.3 is 9.64 Å². The number of hydrogen-bond acceptors (Lipinski definition) is 2. The molecule has 2 fully saturated rings. The summed E-state index contributed by atoms with van der Waals surface area (Å²) in [6, 6.07) is 6.48. The van der Waals surface area contributed by atoms with Crippen molar-refractivity contribution in [3.8, 4) is 5.75 Å². The number of ether oxygens (including phenoxy) is 1. The number of rotatable bonds is 1.